The highest BCUT2D eigenvalue weighted by molar-refractivity contribution is 6.16. The lowest BCUT2D eigenvalue weighted by atomic mass is 9.99. The van der Waals surface area contributed by atoms with Crippen molar-refractivity contribution in [3.05, 3.63) is 28.6 Å². The van der Waals surface area contributed by atoms with Crippen molar-refractivity contribution < 1.29 is 14.3 Å². The highest BCUT2D eigenvalue weighted by Gasteiger charge is 2.27. The number of nitrogens with zero attached hydrogens (tertiary/aromatic N) is 1. The first-order valence-electron chi connectivity index (χ1n) is 6.37. The Kier molecular flexibility index (Phi) is 2.89. The second kappa shape index (κ2) is 4.59. The van der Waals surface area contributed by atoms with Crippen LogP contribution in [0.15, 0.2) is 23.2 Å². The molecule has 2 aliphatic heterocycles. The zero-order valence-corrected chi connectivity index (χ0v) is 11.3. The second-order valence-electron chi connectivity index (χ2n) is 4.86. The van der Waals surface area contributed by atoms with E-state index < -0.39 is 12.0 Å². The molecule has 1 aromatic carbocycles. The number of amides is 1. The van der Waals surface area contributed by atoms with Crippen LogP contribution in [0.2, 0.25) is 0 Å². The van der Waals surface area contributed by atoms with Crippen molar-refractivity contribution in [1.82, 2.24) is 5.32 Å². The highest BCUT2D eigenvalue weighted by Crippen LogP contribution is 2.16. The summed E-state index contributed by atoms with van der Waals surface area (Å²) in [4.78, 5) is 28.3. The standard InChI is InChI=1S/C15H14N2O3/c1-8-10-4-3-5-11-13(10)9(7-16-11)6-12(15(19)20-2)17-14(8)18/h3-5,7,12H,6H2,1-2H3,(H,17,18)/b10-8-/t12-/m0/s1. The van der Waals surface area contributed by atoms with Gasteiger partial charge in [0.1, 0.15) is 6.04 Å². The molecule has 0 aliphatic carbocycles. The average Bonchev–Trinajstić information content (AvgIpc) is 2.86. The topological polar surface area (TPSA) is 67.8 Å². The minimum absolute atomic E-state index is 0.250. The van der Waals surface area contributed by atoms with Gasteiger partial charge in [-0.3, -0.25) is 9.79 Å². The molecule has 5 heteroatoms. The minimum Gasteiger partial charge on any atom is -0.467 e. The number of benzene rings is 1. The molecule has 1 atom stereocenters. The van der Waals surface area contributed by atoms with Crippen molar-refractivity contribution in [2.45, 2.75) is 19.4 Å². The zero-order chi connectivity index (χ0) is 14.3. The number of carbonyl (C=O) groups is 2. The van der Waals surface area contributed by atoms with Crippen LogP contribution in [0.25, 0.3) is 11.1 Å². The fourth-order valence-electron chi connectivity index (χ4n) is 2.61. The van der Waals surface area contributed by atoms with Crippen LogP contribution < -0.4 is 15.8 Å². The average molecular weight is 270 g/mol. The molecule has 102 valence electrons. The maximum absolute atomic E-state index is 12.2. The SMILES string of the molecule is COC(=O)[C@@H]1CC2=c3c(ccc/c3=C(\C)C(=O)N1)N=C2. The molecule has 0 fully saturated rings. The number of hydrogen-bond acceptors (Lipinski definition) is 4. The van der Waals surface area contributed by atoms with Gasteiger partial charge in [0.25, 0.3) is 0 Å². The van der Waals surface area contributed by atoms with Gasteiger partial charge in [0.15, 0.2) is 0 Å². The summed E-state index contributed by atoms with van der Waals surface area (Å²) in [5.74, 6) is -0.695. The van der Waals surface area contributed by atoms with Gasteiger partial charge in [-0.25, -0.2) is 4.79 Å². The van der Waals surface area contributed by atoms with E-state index in [2.05, 4.69) is 10.3 Å². The van der Waals surface area contributed by atoms with Crippen LogP contribution in [-0.4, -0.2) is 31.2 Å². The molecule has 1 amide bonds. The summed E-state index contributed by atoms with van der Waals surface area (Å²) in [5, 5.41) is 4.54. The molecule has 0 saturated heterocycles. The van der Waals surface area contributed by atoms with Crippen LogP contribution in [0.3, 0.4) is 0 Å². The zero-order valence-electron chi connectivity index (χ0n) is 11.3. The molecule has 0 spiro atoms. The predicted molar refractivity (Wildman–Crippen MR) is 74.9 cm³/mol. The molecule has 1 N–H and O–H groups in total. The van der Waals surface area contributed by atoms with Gasteiger partial charge in [-0.2, -0.15) is 0 Å². The summed E-state index contributed by atoms with van der Waals surface area (Å²) in [6, 6.07) is 5.01. The Morgan fingerprint density at radius 2 is 2.25 bits per heavy atom. The maximum Gasteiger partial charge on any atom is 0.328 e. The van der Waals surface area contributed by atoms with E-state index in [0.717, 1.165) is 21.7 Å². The van der Waals surface area contributed by atoms with Gasteiger partial charge in [-0.05, 0) is 23.8 Å². The maximum atomic E-state index is 12.2. The normalized spacial score (nSPS) is 22.8. The lowest BCUT2D eigenvalue weighted by Gasteiger charge is -2.18. The van der Waals surface area contributed by atoms with Crippen molar-refractivity contribution >= 4 is 34.9 Å². The largest absolute Gasteiger partial charge is 0.467 e. The number of carbonyl (C=O) groups excluding carboxylic acids is 2. The van der Waals surface area contributed by atoms with E-state index in [1.54, 1.807) is 13.1 Å². The van der Waals surface area contributed by atoms with Crippen LogP contribution in [0.1, 0.15) is 13.3 Å². The first kappa shape index (κ1) is 12.6. The van der Waals surface area contributed by atoms with Crippen LogP contribution in [0, 0.1) is 0 Å². The third kappa shape index (κ3) is 1.82. The number of hydrogen-bond donors (Lipinski definition) is 1. The number of aliphatic imine (C=N–C) groups is 1. The minimum atomic E-state index is -0.678. The molecule has 20 heavy (non-hydrogen) atoms. The summed E-state index contributed by atoms with van der Waals surface area (Å²) in [6.45, 7) is 1.75. The fourth-order valence-corrected chi connectivity index (χ4v) is 2.61. The smallest absolute Gasteiger partial charge is 0.328 e. The Labute approximate surface area is 115 Å². The summed E-state index contributed by atoms with van der Waals surface area (Å²) in [5.41, 5.74) is 2.37. The Hall–Kier alpha value is -2.43. The van der Waals surface area contributed by atoms with Crippen molar-refractivity contribution in [2.75, 3.05) is 7.11 Å². The van der Waals surface area contributed by atoms with Gasteiger partial charge in [0.2, 0.25) is 5.91 Å². The monoisotopic (exact) mass is 270 g/mol. The molecule has 0 radical (unpaired) electrons. The number of esters is 1. The van der Waals surface area contributed by atoms with Gasteiger partial charge < -0.3 is 10.1 Å². The number of ether oxygens (including phenoxy) is 1. The van der Waals surface area contributed by atoms with Crippen LogP contribution in [0.4, 0.5) is 5.69 Å². The molecule has 1 aromatic rings. The van der Waals surface area contributed by atoms with Gasteiger partial charge in [-0.15, -0.1) is 0 Å². The fraction of sp³-hybridized carbons (Fsp3) is 0.267. The molecule has 2 aliphatic rings. The third-order valence-corrected chi connectivity index (χ3v) is 3.68. The molecular weight excluding hydrogens is 256 g/mol. The van der Waals surface area contributed by atoms with E-state index in [1.165, 1.54) is 7.11 Å². The third-order valence-electron chi connectivity index (χ3n) is 3.68. The summed E-state index contributed by atoms with van der Waals surface area (Å²) in [7, 11) is 1.32. The molecule has 0 saturated carbocycles. The first-order chi connectivity index (χ1) is 9.61. The van der Waals surface area contributed by atoms with Crippen molar-refractivity contribution in [2.24, 2.45) is 4.99 Å². The first-order valence-corrected chi connectivity index (χ1v) is 6.37. The van der Waals surface area contributed by atoms with Gasteiger partial charge in [0, 0.05) is 23.4 Å². The molecular formula is C15H14N2O3. The molecule has 0 bridgehead atoms. The van der Waals surface area contributed by atoms with Crippen molar-refractivity contribution in [3.63, 3.8) is 0 Å². The quantitative estimate of drug-likeness (QED) is 0.718. The van der Waals surface area contributed by atoms with E-state index in [9.17, 15) is 9.59 Å². The molecule has 3 rings (SSSR count). The van der Waals surface area contributed by atoms with Crippen molar-refractivity contribution in [3.8, 4) is 0 Å². The molecule has 0 aromatic heterocycles. The lowest BCUT2D eigenvalue weighted by molar-refractivity contribution is -0.144. The second-order valence-corrected chi connectivity index (χ2v) is 4.86. The Morgan fingerprint density at radius 3 is 3.00 bits per heavy atom. The van der Waals surface area contributed by atoms with E-state index in [-0.39, 0.29) is 5.91 Å². The summed E-state index contributed by atoms with van der Waals surface area (Å²) >= 11 is 0. The molecule has 5 nitrogen and oxygen atoms in total. The number of nitrogens with one attached hydrogen (secondary N) is 1. The van der Waals surface area contributed by atoms with E-state index >= 15 is 0 Å². The summed E-state index contributed by atoms with van der Waals surface area (Å²) < 4.78 is 4.75. The van der Waals surface area contributed by atoms with Crippen LogP contribution >= 0.6 is 0 Å². The number of methoxy groups -OCH3 is 1. The Balaban J connectivity index is 2.27. The Morgan fingerprint density at radius 1 is 1.45 bits per heavy atom. The van der Waals surface area contributed by atoms with E-state index in [0.29, 0.717) is 12.0 Å². The molecule has 0 unspecified atom stereocenters. The van der Waals surface area contributed by atoms with Crippen molar-refractivity contribution in [1.29, 1.82) is 0 Å². The molecule has 2 heterocycles. The van der Waals surface area contributed by atoms with Crippen LogP contribution in [0.5, 0.6) is 0 Å². The predicted octanol–water partition coefficient (Wildman–Crippen LogP) is -0.215. The Bertz CT molecular complexity index is 762. The summed E-state index contributed by atoms with van der Waals surface area (Å²) in [6.07, 6.45) is 2.15. The van der Waals surface area contributed by atoms with Gasteiger partial charge >= 0.3 is 5.97 Å². The van der Waals surface area contributed by atoms with Gasteiger partial charge in [-0.1, -0.05) is 12.1 Å². The lowest BCUT2D eigenvalue weighted by Crippen LogP contribution is -2.46. The van der Waals surface area contributed by atoms with Crippen LogP contribution in [-0.2, 0) is 14.3 Å². The highest BCUT2D eigenvalue weighted by atomic mass is 16.5. The number of rotatable bonds is 1. The van der Waals surface area contributed by atoms with E-state index in [1.807, 2.05) is 18.2 Å². The van der Waals surface area contributed by atoms with E-state index in [4.69, 9.17) is 4.74 Å². The van der Waals surface area contributed by atoms with Gasteiger partial charge in [0.05, 0.1) is 12.8 Å².